The van der Waals surface area contributed by atoms with Crippen molar-refractivity contribution in [2.45, 2.75) is 19.6 Å². The Morgan fingerprint density at radius 2 is 1.94 bits per heavy atom. The standard InChI is InChI=1S/C14H17N3O/c1-11(18)13-7-5-9-16-14(13)17(2)10-12-6-3-4-8-15-12/h3-9,11,18H,10H2,1-2H3. The summed E-state index contributed by atoms with van der Waals surface area (Å²) >= 11 is 0. The number of anilines is 1. The van der Waals surface area contributed by atoms with Crippen molar-refractivity contribution in [3.05, 3.63) is 54.0 Å². The molecule has 0 saturated carbocycles. The Morgan fingerprint density at radius 1 is 1.17 bits per heavy atom. The van der Waals surface area contributed by atoms with Crippen molar-refractivity contribution in [2.24, 2.45) is 0 Å². The van der Waals surface area contributed by atoms with E-state index in [9.17, 15) is 5.11 Å². The Morgan fingerprint density at radius 3 is 2.61 bits per heavy atom. The molecule has 0 aromatic carbocycles. The summed E-state index contributed by atoms with van der Waals surface area (Å²) in [6, 6.07) is 9.55. The van der Waals surface area contributed by atoms with Gasteiger partial charge in [0.1, 0.15) is 5.82 Å². The summed E-state index contributed by atoms with van der Waals surface area (Å²) in [4.78, 5) is 10.6. The molecule has 0 aliphatic carbocycles. The number of hydrogen-bond donors (Lipinski definition) is 1. The van der Waals surface area contributed by atoms with E-state index in [1.165, 1.54) is 0 Å². The second-order valence-electron chi connectivity index (χ2n) is 4.27. The zero-order valence-electron chi connectivity index (χ0n) is 10.6. The third-order valence-electron chi connectivity index (χ3n) is 2.75. The number of aromatic nitrogens is 2. The van der Waals surface area contributed by atoms with E-state index >= 15 is 0 Å². The fraction of sp³-hybridized carbons (Fsp3) is 0.286. The van der Waals surface area contributed by atoms with Crippen LogP contribution in [0.4, 0.5) is 5.82 Å². The number of hydrogen-bond acceptors (Lipinski definition) is 4. The molecule has 0 fully saturated rings. The van der Waals surface area contributed by atoms with Gasteiger partial charge in [0.05, 0.1) is 18.3 Å². The number of aliphatic hydroxyl groups is 1. The summed E-state index contributed by atoms with van der Waals surface area (Å²) in [5, 5.41) is 9.74. The summed E-state index contributed by atoms with van der Waals surface area (Å²) in [5.41, 5.74) is 1.80. The quantitative estimate of drug-likeness (QED) is 0.894. The van der Waals surface area contributed by atoms with Crippen molar-refractivity contribution in [3.63, 3.8) is 0 Å². The monoisotopic (exact) mass is 243 g/mol. The maximum Gasteiger partial charge on any atom is 0.134 e. The third kappa shape index (κ3) is 2.84. The van der Waals surface area contributed by atoms with E-state index in [1.54, 1.807) is 19.3 Å². The topological polar surface area (TPSA) is 49.3 Å². The highest BCUT2D eigenvalue weighted by Crippen LogP contribution is 2.23. The SMILES string of the molecule is CC(O)c1cccnc1N(C)Cc1ccccn1. The first-order valence-corrected chi connectivity index (χ1v) is 5.92. The molecule has 0 saturated heterocycles. The van der Waals surface area contributed by atoms with Crippen LogP contribution in [0.2, 0.25) is 0 Å². The van der Waals surface area contributed by atoms with E-state index in [2.05, 4.69) is 9.97 Å². The number of nitrogens with zero attached hydrogens (tertiary/aromatic N) is 3. The maximum absolute atomic E-state index is 9.74. The molecule has 94 valence electrons. The van der Waals surface area contributed by atoms with Gasteiger partial charge in [-0.2, -0.15) is 0 Å². The molecular formula is C14H17N3O. The highest BCUT2D eigenvalue weighted by molar-refractivity contribution is 5.47. The van der Waals surface area contributed by atoms with E-state index in [4.69, 9.17) is 0 Å². The lowest BCUT2D eigenvalue weighted by molar-refractivity contribution is 0.199. The van der Waals surface area contributed by atoms with Crippen LogP contribution in [0.1, 0.15) is 24.3 Å². The van der Waals surface area contributed by atoms with Crippen LogP contribution in [0.5, 0.6) is 0 Å². The van der Waals surface area contributed by atoms with E-state index in [-0.39, 0.29) is 0 Å². The number of rotatable bonds is 4. The van der Waals surface area contributed by atoms with Gasteiger partial charge in [-0.05, 0) is 25.1 Å². The van der Waals surface area contributed by atoms with Gasteiger partial charge in [0.2, 0.25) is 0 Å². The highest BCUT2D eigenvalue weighted by atomic mass is 16.3. The Kier molecular flexibility index (Phi) is 3.89. The Balaban J connectivity index is 2.21. The summed E-state index contributed by atoms with van der Waals surface area (Å²) in [6.07, 6.45) is 2.98. The van der Waals surface area contributed by atoms with Crippen LogP contribution in [0, 0.1) is 0 Å². The molecule has 2 heterocycles. The van der Waals surface area contributed by atoms with Crippen molar-refractivity contribution < 1.29 is 5.11 Å². The van der Waals surface area contributed by atoms with Gasteiger partial charge in [0.25, 0.3) is 0 Å². The van der Waals surface area contributed by atoms with Crippen LogP contribution in [0.15, 0.2) is 42.7 Å². The van der Waals surface area contributed by atoms with Gasteiger partial charge in [0, 0.05) is 25.0 Å². The molecule has 1 atom stereocenters. The molecule has 0 aliphatic rings. The molecule has 2 aromatic rings. The first-order chi connectivity index (χ1) is 8.68. The Hall–Kier alpha value is -1.94. The molecule has 2 rings (SSSR count). The smallest absolute Gasteiger partial charge is 0.134 e. The van der Waals surface area contributed by atoms with Crippen LogP contribution in [-0.4, -0.2) is 22.1 Å². The lowest BCUT2D eigenvalue weighted by atomic mass is 10.1. The molecule has 4 heteroatoms. The predicted octanol–water partition coefficient (Wildman–Crippen LogP) is 2.17. The van der Waals surface area contributed by atoms with E-state index in [0.29, 0.717) is 6.54 Å². The average Bonchev–Trinajstić information content (AvgIpc) is 2.40. The molecule has 0 radical (unpaired) electrons. The molecule has 0 amide bonds. The highest BCUT2D eigenvalue weighted by Gasteiger charge is 2.12. The molecule has 2 aromatic heterocycles. The maximum atomic E-state index is 9.74. The van der Waals surface area contributed by atoms with Crippen molar-refractivity contribution >= 4 is 5.82 Å². The molecule has 18 heavy (non-hydrogen) atoms. The lowest BCUT2D eigenvalue weighted by Gasteiger charge is -2.21. The molecule has 1 unspecified atom stereocenters. The van der Waals surface area contributed by atoms with Crippen LogP contribution in [-0.2, 0) is 6.54 Å². The summed E-state index contributed by atoms with van der Waals surface area (Å²) in [5.74, 6) is 0.790. The van der Waals surface area contributed by atoms with Gasteiger partial charge in [-0.3, -0.25) is 4.98 Å². The first kappa shape index (κ1) is 12.5. The van der Waals surface area contributed by atoms with Crippen molar-refractivity contribution in [1.82, 2.24) is 9.97 Å². The predicted molar refractivity (Wildman–Crippen MR) is 71.2 cm³/mol. The zero-order chi connectivity index (χ0) is 13.0. The van der Waals surface area contributed by atoms with Gasteiger partial charge in [0.15, 0.2) is 0 Å². The van der Waals surface area contributed by atoms with Gasteiger partial charge in [-0.1, -0.05) is 12.1 Å². The average molecular weight is 243 g/mol. The Labute approximate surface area is 107 Å². The lowest BCUT2D eigenvalue weighted by Crippen LogP contribution is -2.20. The van der Waals surface area contributed by atoms with Crippen LogP contribution >= 0.6 is 0 Å². The second-order valence-corrected chi connectivity index (χ2v) is 4.27. The minimum absolute atomic E-state index is 0.528. The zero-order valence-corrected chi connectivity index (χ0v) is 10.6. The van der Waals surface area contributed by atoms with Gasteiger partial charge in [-0.15, -0.1) is 0 Å². The summed E-state index contributed by atoms with van der Waals surface area (Å²) in [7, 11) is 1.95. The summed E-state index contributed by atoms with van der Waals surface area (Å²) in [6.45, 7) is 2.41. The minimum atomic E-state index is -0.528. The normalized spacial score (nSPS) is 12.2. The fourth-order valence-electron chi connectivity index (χ4n) is 1.86. The van der Waals surface area contributed by atoms with Crippen molar-refractivity contribution in [3.8, 4) is 0 Å². The summed E-state index contributed by atoms with van der Waals surface area (Å²) < 4.78 is 0. The van der Waals surface area contributed by atoms with Gasteiger partial charge < -0.3 is 10.0 Å². The van der Waals surface area contributed by atoms with Gasteiger partial charge in [-0.25, -0.2) is 4.98 Å². The Bertz CT molecular complexity index is 499. The second kappa shape index (κ2) is 5.60. The van der Waals surface area contributed by atoms with Crippen LogP contribution in [0.25, 0.3) is 0 Å². The molecule has 0 spiro atoms. The number of pyridine rings is 2. The molecular weight excluding hydrogens is 226 g/mol. The number of aliphatic hydroxyl groups excluding tert-OH is 1. The molecule has 0 bridgehead atoms. The molecule has 4 nitrogen and oxygen atoms in total. The molecule has 0 aliphatic heterocycles. The van der Waals surface area contributed by atoms with Crippen molar-refractivity contribution in [1.29, 1.82) is 0 Å². The largest absolute Gasteiger partial charge is 0.389 e. The van der Waals surface area contributed by atoms with E-state index in [0.717, 1.165) is 17.1 Å². The van der Waals surface area contributed by atoms with E-state index in [1.807, 2.05) is 42.3 Å². The van der Waals surface area contributed by atoms with Crippen LogP contribution in [0.3, 0.4) is 0 Å². The van der Waals surface area contributed by atoms with Crippen LogP contribution < -0.4 is 4.90 Å². The van der Waals surface area contributed by atoms with E-state index < -0.39 is 6.10 Å². The first-order valence-electron chi connectivity index (χ1n) is 5.92. The third-order valence-corrected chi connectivity index (χ3v) is 2.75. The molecule has 1 N–H and O–H groups in total. The van der Waals surface area contributed by atoms with Gasteiger partial charge >= 0.3 is 0 Å². The van der Waals surface area contributed by atoms with Crippen molar-refractivity contribution in [2.75, 3.05) is 11.9 Å². The minimum Gasteiger partial charge on any atom is -0.389 e. The fourth-order valence-corrected chi connectivity index (χ4v) is 1.86.